The zero-order chi connectivity index (χ0) is 15.4. The number of nitrogens with two attached hydrogens (primary N) is 1. The number of nitrogens with one attached hydrogen (secondary N) is 2. The highest BCUT2D eigenvalue weighted by Crippen LogP contribution is 2.21. The molecule has 0 bridgehead atoms. The van der Waals surface area contributed by atoms with Crippen molar-refractivity contribution >= 4 is 28.4 Å². The van der Waals surface area contributed by atoms with Gasteiger partial charge in [-0.3, -0.25) is 9.59 Å². The van der Waals surface area contributed by atoms with Crippen molar-refractivity contribution in [1.29, 1.82) is 0 Å². The molecule has 1 aromatic heterocycles. The van der Waals surface area contributed by atoms with Gasteiger partial charge in [-0.05, 0) is 24.6 Å². The lowest BCUT2D eigenvalue weighted by Crippen LogP contribution is -2.38. The van der Waals surface area contributed by atoms with Gasteiger partial charge in [-0.15, -0.1) is 0 Å². The van der Waals surface area contributed by atoms with Crippen LogP contribution in [0.1, 0.15) is 23.7 Å². The number of nitrogen functional groups attached to an aromatic ring is 1. The van der Waals surface area contributed by atoms with Gasteiger partial charge in [0.15, 0.2) is 0 Å². The second kappa shape index (κ2) is 6.30. The Morgan fingerprint density at radius 1 is 1.38 bits per heavy atom. The van der Waals surface area contributed by atoms with E-state index < -0.39 is 0 Å². The summed E-state index contributed by atoms with van der Waals surface area (Å²) in [5.41, 5.74) is 7.69. The highest BCUT2D eigenvalue weighted by molar-refractivity contribution is 6.07. The highest BCUT2D eigenvalue weighted by Gasteiger charge is 2.18. The zero-order valence-corrected chi connectivity index (χ0v) is 12.3. The van der Waals surface area contributed by atoms with Crippen molar-refractivity contribution in [2.75, 3.05) is 25.9 Å². The molecule has 0 spiro atoms. The van der Waals surface area contributed by atoms with Gasteiger partial charge in [0.25, 0.3) is 5.91 Å². The molecule has 0 aliphatic carbocycles. The highest BCUT2D eigenvalue weighted by atomic mass is 16.2. The van der Waals surface area contributed by atoms with Crippen LogP contribution in [0.5, 0.6) is 0 Å². The number of likely N-dealkylation sites (N-methyl/N-ethyl adjacent to an activating group) is 1. The van der Waals surface area contributed by atoms with Gasteiger partial charge in [-0.25, -0.2) is 0 Å². The van der Waals surface area contributed by atoms with Gasteiger partial charge in [-0.2, -0.15) is 0 Å². The van der Waals surface area contributed by atoms with Crippen LogP contribution in [0.3, 0.4) is 0 Å². The maximum atomic E-state index is 12.4. The number of hydrogen-bond acceptors (Lipinski definition) is 3. The Kier molecular flexibility index (Phi) is 4.47. The fourth-order valence-electron chi connectivity index (χ4n) is 2.13. The lowest BCUT2D eigenvalue weighted by atomic mass is 10.1. The molecule has 1 heterocycles. The zero-order valence-electron chi connectivity index (χ0n) is 12.3. The van der Waals surface area contributed by atoms with Crippen molar-refractivity contribution in [2.24, 2.45) is 0 Å². The minimum absolute atomic E-state index is 0.0421. The largest absolute Gasteiger partial charge is 0.399 e. The summed E-state index contributed by atoms with van der Waals surface area (Å²) < 4.78 is 0. The van der Waals surface area contributed by atoms with Gasteiger partial charge >= 0.3 is 0 Å². The van der Waals surface area contributed by atoms with Crippen LogP contribution in [0.15, 0.2) is 24.4 Å². The minimum atomic E-state index is -0.197. The molecule has 0 saturated carbocycles. The SMILES string of the molecule is CCCNC(=O)CN(C)C(=O)c1c[nH]c2cc(N)ccc12. The first-order chi connectivity index (χ1) is 10.0. The number of aromatic nitrogens is 1. The molecule has 0 atom stereocenters. The number of benzene rings is 1. The van der Waals surface area contributed by atoms with Gasteiger partial charge in [-0.1, -0.05) is 6.92 Å². The number of rotatable bonds is 5. The van der Waals surface area contributed by atoms with E-state index in [1.54, 1.807) is 31.4 Å². The number of fused-ring (bicyclic) bond motifs is 1. The minimum Gasteiger partial charge on any atom is -0.399 e. The van der Waals surface area contributed by atoms with E-state index in [0.29, 0.717) is 17.8 Å². The van der Waals surface area contributed by atoms with Crippen LogP contribution >= 0.6 is 0 Å². The van der Waals surface area contributed by atoms with Crippen LogP contribution in [0, 0.1) is 0 Å². The van der Waals surface area contributed by atoms with Crippen LogP contribution in [0.25, 0.3) is 10.9 Å². The third kappa shape index (κ3) is 3.34. The number of carbonyl (C=O) groups is 2. The second-order valence-corrected chi connectivity index (χ2v) is 5.02. The van der Waals surface area contributed by atoms with Crippen LogP contribution in [0.2, 0.25) is 0 Å². The number of anilines is 1. The molecule has 0 aliphatic rings. The molecule has 6 nitrogen and oxygen atoms in total. The molecule has 0 fully saturated rings. The molecule has 2 amide bonds. The van der Waals surface area contributed by atoms with Gasteiger partial charge in [0.05, 0.1) is 12.1 Å². The van der Waals surface area contributed by atoms with Gasteiger partial charge in [0.2, 0.25) is 5.91 Å². The Morgan fingerprint density at radius 2 is 2.14 bits per heavy atom. The van der Waals surface area contributed by atoms with Crippen LogP contribution in [-0.4, -0.2) is 41.8 Å². The molecular formula is C15H20N4O2. The Bertz CT molecular complexity index is 663. The number of aromatic amines is 1. The first kappa shape index (κ1) is 14.9. The van der Waals surface area contributed by atoms with Gasteiger partial charge in [0, 0.05) is 36.4 Å². The first-order valence-corrected chi connectivity index (χ1v) is 6.91. The van der Waals surface area contributed by atoms with Crippen molar-refractivity contribution in [3.05, 3.63) is 30.0 Å². The summed E-state index contributed by atoms with van der Waals surface area (Å²) in [7, 11) is 1.62. The molecule has 0 unspecified atom stereocenters. The molecule has 2 rings (SSSR count). The Balaban J connectivity index is 2.12. The first-order valence-electron chi connectivity index (χ1n) is 6.91. The standard InChI is InChI=1S/C15H20N4O2/c1-3-6-17-14(20)9-19(2)15(21)12-8-18-13-7-10(16)4-5-11(12)13/h4-5,7-8,18H,3,6,9,16H2,1-2H3,(H,17,20). The molecule has 21 heavy (non-hydrogen) atoms. The fraction of sp³-hybridized carbons (Fsp3) is 0.333. The number of hydrogen-bond donors (Lipinski definition) is 3. The lowest BCUT2D eigenvalue weighted by molar-refractivity contribution is -0.121. The van der Waals surface area contributed by atoms with E-state index in [1.807, 2.05) is 6.92 Å². The molecule has 0 aliphatic heterocycles. The number of nitrogens with zero attached hydrogens (tertiary/aromatic N) is 1. The van der Waals surface area contributed by atoms with Crippen LogP contribution in [0.4, 0.5) is 5.69 Å². The van der Waals surface area contributed by atoms with Crippen LogP contribution < -0.4 is 11.1 Å². The summed E-state index contributed by atoms with van der Waals surface area (Å²) >= 11 is 0. The van der Waals surface area contributed by atoms with E-state index in [1.165, 1.54) is 4.90 Å². The maximum Gasteiger partial charge on any atom is 0.256 e. The number of carbonyl (C=O) groups excluding carboxylic acids is 2. The average Bonchev–Trinajstić information content (AvgIpc) is 2.86. The number of amides is 2. The van der Waals surface area contributed by atoms with Crippen molar-refractivity contribution in [1.82, 2.24) is 15.2 Å². The Morgan fingerprint density at radius 3 is 2.86 bits per heavy atom. The Hall–Kier alpha value is -2.50. The van der Waals surface area contributed by atoms with Gasteiger partial charge < -0.3 is 20.9 Å². The second-order valence-electron chi connectivity index (χ2n) is 5.02. The van der Waals surface area contributed by atoms with E-state index in [9.17, 15) is 9.59 Å². The van der Waals surface area contributed by atoms with E-state index >= 15 is 0 Å². The predicted molar refractivity (Wildman–Crippen MR) is 83.0 cm³/mol. The summed E-state index contributed by atoms with van der Waals surface area (Å²) in [5.74, 6) is -0.352. The molecular weight excluding hydrogens is 268 g/mol. The smallest absolute Gasteiger partial charge is 0.256 e. The molecule has 0 saturated heterocycles. The average molecular weight is 288 g/mol. The molecule has 0 radical (unpaired) electrons. The summed E-state index contributed by atoms with van der Waals surface area (Å²) in [6.07, 6.45) is 2.51. The van der Waals surface area contributed by atoms with Crippen molar-refractivity contribution in [3.8, 4) is 0 Å². The topological polar surface area (TPSA) is 91.2 Å². The van der Waals surface area contributed by atoms with E-state index in [-0.39, 0.29) is 18.4 Å². The summed E-state index contributed by atoms with van der Waals surface area (Å²) in [5, 5.41) is 3.55. The van der Waals surface area contributed by atoms with E-state index in [4.69, 9.17) is 5.73 Å². The molecule has 6 heteroatoms. The molecule has 4 N–H and O–H groups in total. The van der Waals surface area contributed by atoms with Crippen molar-refractivity contribution in [3.63, 3.8) is 0 Å². The molecule has 2 aromatic rings. The lowest BCUT2D eigenvalue weighted by Gasteiger charge is -2.16. The fourth-order valence-corrected chi connectivity index (χ4v) is 2.13. The monoisotopic (exact) mass is 288 g/mol. The third-order valence-electron chi connectivity index (χ3n) is 3.24. The van der Waals surface area contributed by atoms with Crippen molar-refractivity contribution in [2.45, 2.75) is 13.3 Å². The van der Waals surface area contributed by atoms with E-state index in [0.717, 1.165) is 17.3 Å². The van der Waals surface area contributed by atoms with Crippen molar-refractivity contribution < 1.29 is 9.59 Å². The summed E-state index contributed by atoms with van der Waals surface area (Å²) in [6, 6.07) is 5.33. The quantitative estimate of drug-likeness (QED) is 0.725. The summed E-state index contributed by atoms with van der Waals surface area (Å²) in [4.78, 5) is 28.5. The normalized spacial score (nSPS) is 10.6. The van der Waals surface area contributed by atoms with Gasteiger partial charge in [0.1, 0.15) is 0 Å². The molecule has 112 valence electrons. The third-order valence-corrected chi connectivity index (χ3v) is 3.24. The van der Waals surface area contributed by atoms with Crippen LogP contribution in [-0.2, 0) is 4.79 Å². The maximum absolute atomic E-state index is 12.4. The predicted octanol–water partition coefficient (Wildman–Crippen LogP) is 1.35. The Labute approximate surface area is 123 Å². The van der Waals surface area contributed by atoms with E-state index in [2.05, 4.69) is 10.3 Å². The number of H-pyrrole nitrogens is 1. The summed E-state index contributed by atoms with van der Waals surface area (Å²) in [6.45, 7) is 2.64. The molecule has 1 aromatic carbocycles.